The Labute approximate surface area is 204 Å². The largest absolute Gasteiger partial charge is 0.292 e. The van der Waals surface area contributed by atoms with E-state index in [1.165, 1.54) is 48.5 Å². The molecule has 2 atom stereocenters. The molecular weight excluding hydrogens is 490 g/mol. The molecule has 0 amide bonds. The number of ketones is 2. The van der Waals surface area contributed by atoms with Gasteiger partial charge in [0.2, 0.25) is 0 Å². The number of nitriles is 2. The number of hydrogen-bond acceptors (Lipinski definition) is 4. The second-order valence-electron chi connectivity index (χ2n) is 6.75. The van der Waals surface area contributed by atoms with E-state index in [0.717, 1.165) is 0 Å². The van der Waals surface area contributed by atoms with Gasteiger partial charge in [-0.1, -0.05) is 82.8 Å². The second-order valence-corrected chi connectivity index (χ2v) is 8.37. The highest BCUT2D eigenvalue weighted by Gasteiger charge is 2.30. The fourth-order valence-electron chi connectivity index (χ4n) is 3.18. The van der Waals surface area contributed by atoms with Gasteiger partial charge in [-0.25, -0.2) is 0 Å². The zero-order chi connectivity index (χ0) is 23.4. The van der Waals surface area contributed by atoms with Crippen LogP contribution < -0.4 is 0 Å². The SMILES string of the molecule is N#CC(C(=O)c1ccccc1C(=O)C(C#N)c1ccc(Cl)c(Cl)c1)c1ccc(Cl)c(Cl)c1. The average molecular weight is 502 g/mol. The molecule has 158 valence electrons. The Balaban J connectivity index is 2.03. The quantitative estimate of drug-likeness (QED) is 0.332. The Bertz CT molecular complexity index is 1210. The number of Topliss-reactive ketones (excluding diaryl/α,β-unsaturated/α-hetero) is 2. The summed E-state index contributed by atoms with van der Waals surface area (Å²) in [6, 6.07) is 18.9. The van der Waals surface area contributed by atoms with Crippen molar-refractivity contribution >= 4 is 58.0 Å². The number of nitrogens with zero attached hydrogens (tertiary/aromatic N) is 2. The van der Waals surface area contributed by atoms with E-state index in [1.807, 2.05) is 12.1 Å². The Kier molecular flexibility index (Phi) is 7.56. The standard InChI is InChI=1S/C24H12Cl4N2O2/c25-19-7-5-13(9-21(19)27)17(11-29)23(31)15-3-1-2-4-16(15)24(32)18(12-30)14-6-8-20(26)22(28)10-14/h1-10,17-18H. The van der Waals surface area contributed by atoms with Gasteiger partial charge in [-0.2, -0.15) is 10.5 Å². The van der Waals surface area contributed by atoms with Crippen LogP contribution in [-0.4, -0.2) is 11.6 Å². The van der Waals surface area contributed by atoms with Crippen LogP contribution in [0.5, 0.6) is 0 Å². The lowest BCUT2D eigenvalue weighted by molar-refractivity contribution is 0.0945. The molecule has 4 nitrogen and oxygen atoms in total. The first kappa shape index (κ1) is 23.8. The van der Waals surface area contributed by atoms with Gasteiger partial charge in [0.05, 0.1) is 32.2 Å². The molecule has 0 aromatic heterocycles. The van der Waals surface area contributed by atoms with Crippen LogP contribution in [0.1, 0.15) is 43.7 Å². The molecule has 2 unspecified atom stereocenters. The highest BCUT2D eigenvalue weighted by Crippen LogP contribution is 2.32. The van der Waals surface area contributed by atoms with E-state index in [1.54, 1.807) is 12.1 Å². The lowest BCUT2D eigenvalue weighted by Crippen LogP contribution is -2.19. The molecule has 0 fully saturated rings. The van der Waals surface area contributed by atoms with Crippen molar-refractivity contribution in [2.75, 3.05) is 0 Å². The number of rotatable bonds is 6. The van der Waals surface area contributed by atoms with Crippen LogP contribution in [0.4, 0.5) is 0 Å². The van der Waals surface area contributed by atoms with Gasteiger partial charge in [0, 0.05) is 11.1 Å². The summed E-state index contributed by atoms with van der Waals surface area (Å²) in [6.07, 6.45) is 0. The molecule has 3 aromatic carbocycles. The average Bonchev–Trinajstić information content (AvgIpc) is 2.79. The molecule has 0 N–H and O–H groups in total. The first-order chi connectivity index (χ1) is 15.3. The Hall–Kier alpha value is -2.86. The topological polar surface area (TPSA) is 81.7 Å². The zero-order valence-electron chi connectivity index (χ0n) is 16.2. The van der Waals surface area contributed by atoms with Gasteiger partial charge in [0.15, 0.2) is 11.6 Å². The second kappa shape index (κ2) is 10.2. The highest BCUT2D eigenvalue weighted by atomic mass is 35.5. The fraction of sp³-hybridized carbons (Fsp3) is 0.0833. The molecule has 3 aromatic rings. The summed E-state index contributed by atoms with van der Waals surface area (Å²) in [7, 11) is 0. The van der Waals surface area contributed by atoms with Crippen LogP contribution in [0.25, 0.3) is 0 Å². The van der Waals surface area contributed by atoms with E-state index < -0.39 is 23.4 Å². The predicted molar refractivity (Wildman–Crippen MR) is 125 cm³/mol. The molecule has 8 heteroatoms. The number of benzene rings is 3. The lowest BCUT2D eigenvalue weighted by Gasteiger charge is -2.15. The molecule has 0 aliphatic heterocycles. The van der Waals surface area contributed by atoms with Crippen molar-refractivity contribution in [3.05, 3.63) is 103 Å². The van der Waals surface area contributed by atoms with E-state index >= 15 is 0 Å². The van der Waals surface area contributed by atoms with Crippen LogP contribution >= 0.6 is 46.4 Å². The molecule has 0 aliphatic carbocycles. The van der Waals surface area contributed by atoms with Crippen molar-refractivity contribution < 1.29 is 9.59 Å². The van der Waals surface area contributed by atoms with Crippen LogP contribution in [0.3, 0.4) is 0 Å². The number of carbonyl (C=O) groups is 2. The number of carbonyl (C=O) groups excluding carboxylic acids is 2. The maximum Gasteiger partial charge on any atom is 0.185 e. The first-order valence-corrected chi connectivity index (χ1v) is 10.7. The van der Waals surface area contributed by atoms with Gasteiger partial charge >= 0.3 is 0 Å². The van der Waals surface area contributed by atoms with Crippen molar-refractivity contribution in [2.24, 2.45) is 0 Å². The molecular formula is C24H12Cl4N2O2. The summed E-state index contributed by atoms with van der Waals surface area (Å²) in [6.45, 7) is 0. The van der Waals surface area contributed by atoms with Crippen LogP contribution in [0.2, 0.25) is 20.1 Å². The minimum Gasteiger partial charge on any atom is -0.292 e. The van der Waals surface area contributed by atoms with Crippen LogP contribution in [0, 0.1) is 22.7 Å². The molecule has 32 heavy (non-hydrogen) atoms. The zero-order valence-corrected chi connectivity index (χ0v) is 19.2. The number of hydrogen-bond donors (Lipinski definition) is 0. The third-order valence-electron chi connectivity index (χ3n) is 4.79. The predicted octanol–water partition coefficient (Wildman–Crippen LogP) is 7.28. The smallest absolute Gasteiger partial charge is 0.185 e. The molecule has 3 rings (SSSR count). The maximum atomic E-state index is 13.3. The first-order valence-electron chi connectivity index (χ1n) is 9.15. The molecule has 0 bridgehead atoms. The molecule has 0 heterocycles. The molecule has 0 saturated carbocycles. The van der Waals surface area contributed by atoms with Crippen molar-refractivity contribution in [1.29, 1.82) is 10.5 Å². The Morgan fingerprint density at radius 1 is 0.625 bits per heavy atom. The van der Waals surface area contributed by atoms with Crippen molar-refractivity contribution in [3.63, 3.8) is 0 Å². The molecule has 0 aliphatic rings. The fourth-order valence-corrected chi connectivity index (χ4v) is 3.79. The summed E-state index contributed by atoms with van der Waals surface area (Å²) >= 11 is 23.9. The van der Waals surface area contributed by atoms with E-state index in [-0.39, 0.29) is 31.2 Å². The number of halogens is 4. The van der Waals surface area contributed by atoms with Gasteiger partial charge in [-0.3, -0.25) is 9.59 Å². The Morgan fingerprint density at radius 2 is 1.00 bits per heavy atom. The molecule has 0 spiro atoms. The van der Waals surface area contributed by atoms with Gasteiger partial charge in [-0.05, 0) is 35.4 Å². The van der Waals surface area contributed by atoms with Gasteiger partial charge in [0.25, 0.3) is 0 Å². The third kappa shape index (κ3) is 4.80. The van der Waals surface area contributed by atoms with Gasteiger partial charge < -0.3 is 0 Å². The van der Waals surface area contributed by atoms with Crippen molar-refractivity contribution in [2.45, 2.75) is 11.8 Å². The summed E-state index contributed by atoms with van der Waals surface area (Å²) in [5, 5.41) is 20.3. The minimum atomic E-state index is -1.22. The minimum absolute atomic E-state index is 0.0235. The van der Waals surface area contributed by atoms with Gasteiger partial charge in [0.1, 0.15) is 11.8 Å². The van der Waals surface area contributed by atoms with E-state index in [9.17, 15) is 20.1 Å². The Morgan fingerprint density at radius 3 is 1.31 bits per heavy atom. The van der Waals surface area contributed by atoms with E-state index in [4.69, 9.17) is 46.4 Å². The van der Waals surface area contributed by atoms with Crippen LogP contribution in [-0.2, 0) is 0 Å². The van der Waals surface area contributed by atoms with E-state index in [0.29, 0.717) is 11.1 Å². The normalized spacial score (nSPS) is 12.3. The monoisotopic (exact) mass is 500 g/mol. The maximum absolute atomic E-state index is 13.3. The van der Waals surface area contributed by atoms with Crippen molar-refractivity contribution in [3.8, 4) is 12.1 Å². The molecule has 0 radical (unpaired) electrons. The third-order valence-corrected chi connectivity index (χ3v) is 6.27. The lowest BCUT2D eigenvalue weighted by atomic mass is 9.85. The highest BCUT2D eigenvalue weighted by molar-refractivity contribution is 6.42. The summed E-state index contributed by atoms with van der Waals surface area (Å²) in [5.74, 6) is -3.63. The van der Waals surface area contributed by atoms with Crippen LogP contribution in [0.15, 0.2) is 60.7 Å². The van der Waals surface area contributed by atoms with E-state index in [2.05, 4.69) is 0 Å². The van der Waals surface area contributed by atoms with Crippen molar-refractivity contribution in [1.82, 2.24) is 0 Å². The summed E-state index contributed by atoms with van der Waals surface area (Å²) in [4.78, 5) is 26.5. The summed E-state index contributed by atoms with van der Waals surface area (Å²) < 4.78 is 0. The summed E-state index contributed by atoms with van der Waals surface area (Å²) in [5.41, 5.74) is 0.733. The molecule has 0 saturated heterocycles. The van der Waals surface area contributed by atoms with Gasteiger partial charge in [-0.15, -0.1) is 0 Å².